The minimum Gasteiger partial charge on any atom is -0.377 e. The molecule has 0 bridgehead atoms. The third-order valence-electron chi connectivity index (χ3n) is 2.60. The van der Waals surface area contributed by atoms with E-state index in [4.69, 9.17) is 5.26 Å². The molecule has 0 aliphatic carbocycles. The Morgan fingerprint density at radius 2 is 2.00 bits per heavy atom. The van der Waals surface area contributed by atoms with Crippen LogP contribution in [0.15, 0.2) is 18.2 Å². The van der Waals surface area contributed by atoms with Gasteiger partial charge < -0.3 is 4.90 Å². The van der Waals surface area contributed by atoms with Crippen molar-refractivity contribution in [1.29, 1.82) is 5.26 Å². The van der Waals surface area contributed by atoms with E-state index in [0.717, 1.165) is 11.3 Å². The van der Waals surface area contributed by atoms with E-state index in [-0.39, 0.29) is 0 Å². The normalized spacial score (nSPS) is 12.6. The van der Waals surface area contributed by atoms with Crippen LogP contribution in [0.5, 0.6) is 0 Å². The summed E-state index contributed by atoms with van der Waals surface area (Å²) in [5.41, 5.74) is 2.45. The van der Waals surface area contributed by atoms with Gasteiger partial charge in [0.15, 0.2) is 5.25 Å². The predicted octanol–water partition coefficient (Wildman–Crippen LogP) is 1.71. The lowest BCUT2D eigenvalue weighted by Gasteiger charge is -2.17. The van der Waals surface area contributed by atoms with Crippen molar-refractivity contribution in [1.82, 2.24) is 0 Å². The second-order valence-electron chi connectivity index (χ2n) is 4.31. The zero-order valence-corrected chi connectivity index (χ0v) is 11.7. The van der Waals surface area contributed by atoms with Gasteiger partial charge in [0, 0.05) is 19.8 Å². The highest BCUT2D eigenvalue weighted by Gasteiger charge is 2.20. The van der Waals surface area contributed by atoms with E-state index < -0.39 is 15.3 Å². The van der Waals surface area contributed by atoms with Gasteiger partial charge in [0.25, 0.3) is 0 Å². The zero-order chi connectivity index (χ0) is 13.9. The number of hydrogen-bond acceptors (Lipinski definition) is 4. The fourth-order valence-electron chi connectivity index (χ4n) is 1.48. The minimum absolute atomic E-state index is 0.464. The molecule has 0 aliphatic heterocycles. The standard InChI is InChI=1S/C12H17N3O2S/c1-9-5-6-11(7-12(9)15(3)4)14-18(16,17)10(2)8-13/h5-7,10,14H,1-4H3. The van der Waals surface area contributed by atoms with E-state index in [2.05, 4.69) is 4.72 Å². The van der Waals surface area contributed by atoms with Crippen LogP contribution in [0.2, 0.25) is 0 Å². The Morgan fingerprint density at radius 1 is 1.39 bits per heavy atom. The van der Waals surface area contributed by atoms with Gasteiger partial charge in [-0.3, -0.25) is 4.72 Å². The van der Waals surface area contributed by atoms with Crippen molar-refractivity contribution in [2.24, 2.45) is 0 Å². The Labute approximate surface area is 108 Å². The van der Waals surface area contributed by atoms with Gasteiger partial charge in [-0.1, -0.05) is 6.07 Å². The van der Waals surface area contributed by atoms with Gasteiger partial charge in [-0.25, -0.2) is 8.42 Å². The molecule has 0 saturated carbocycles. The van der Waals surface area contributed by atoms with Gasteiger partial charge in [-0.15, -0.1) is 0 Å². The van der Waals surface area contributed by atoms with Gasteiger partial charge in [0.05, 0.1) is 11.8 Å². The molecule has 18 heavy (non-hydrogen) atoms. The molecule has 98 valence electrons. The highest BCUT2D eigenvalue weighted by Crippen LogP contribution is 2.23. The molecule has 1 N–H and O–H groups in total. The summed E-state index contributed by atoms with van der Waals surface area (Å²) >= 11 is 0. The Bertz CT molecular complexity index is 573. The number of anilines is 2. The van der Waals surface area contributed by atoms with Gasteiger partial charge in [0.2, 0.25) is 10.0 Å². The van der Waals surface area contributed by atoms with Crippen molar-refractivity contribution in [2.75, 3.05) is 23.7 Å². The van der Waals surface area contributed by atoms with Crippen LogP contribution in [-0.4, -0.2) is 27.8 Å². The van der Waals surface area contributed by atoms with E-state index in [1.807, 2.05) is 32.0 Å². The molecule has 0 spiro atoms. The molecule has 6 heteroatoms. The number of nitrogens with one attached hydrogen (secondary N) is 1. The molecule has 0 radical (unpaired) electrons. The highest BCUT2D eigenvalue weighted by atomic mass is 32.2. The first kappa shape index (κ1) is 14.3. The molecule has 1 aromatic carbocycles. The van der Waals surface area contributed by atoms with Crippen LogP contribution in [0.25, 0.3) is 0 Å². The van der Waals surface area contributed by atoms with Crippen LogP contribution in [0, 0.1) is 18.3 Å². The topological polar surface area (TPSA) is 73.2 Å². The molecule has 5 nitrogen and oxygen atoms in total. The fraction of sp³-hybridized carbons (Fsp3) is 0.417. The maximum atomic E-state index is 11.7. The van der Waals surface area contributed by atoms with Crippen LogP contribution in [0.1, 0.15) is 12.5 Å². The van der Waals surface area contributed by atoms with Crippen molar-refractivity contribution in [3.63, 3.8) is 0 Å². The average molecular weight is 267 g/mol. The van der Waals surface area contributed by atoms with Crippen molar-refractivity contribution in [3.05, 3.63) is 23.8 Å². The lowest BCUT2D eigenvalue weighted by molar-refractivity contribution is 0.597. The maximum Gasteiger partial charge on any atom is 0.248 e. The molecule has 0 heterocycles. The van der Waals surface area contributed by atoms with Crippen LogP contribution >= 0.6 is 0 Å². The molecule has 1 unspecified atom stereocenters. The highest BCUT2D eigenvalue weighted by molar-refractivity contribution is 7.93. The molecule has 0 amide bonds. The quantitative estimate of drug-likeness (QED) is 0.901. The lowest BCUT2D eigenvalue weighted by atomic mass is 10.2. The third-order valence-corrected chi connectivity index (χ3v) is 4.15. The van der Waals surface area contributed by atoms with Crippen LogP contribution in [0.3, 0.4) is 0 Å². The molecule has 0 aromatic heterocycles. The van der Waals surface area contributed by atoms with E-state index in [9.17, 15) is 8.42 Å². The Morgan fingerprint density at radius 3 is 2.50 bits per heavy atom. The molecule has 1 rings (SSSR count). The summed E-state index contributed by atoms with van der Waals surface area (Å²) < 4.78 is 25.9. The fourth-order valence-corrected chi connectivity index (χ4v) is 2.25. The molecule has 0 fully saturated rings. The van der Waals surface area contributed by atoms with Crippen LogP contribution in [-0.2, 0) is 10.0 Å². The first-order chi connectivity index (χ1) is 8.27. The average Bonchev–Trinajstić information content (AvgIpc) is 2.29. The molecule has 0 saturated heterocycles. The minimum atomic E-state index is -3.65. The number of rotatable bonds is 4. The number of aryl methyl sites for hydroxylation is 1. The van der Waals surface area contributed by atoms with E-state index in [1.54, 1.807) is 18.2 Å². The number of sulfonamides is 1. The van der Waals surface area contributed by atoms with Gasteiger partial charge in [-0.05, 0) is 31.5 Å². The van der Waals surface area contributed by atoms with Gasteiger partial charge >= 0.3 is 0 Å². The summed E-state index contributed by atoms with van der Waals surface area (Å²) in [5.74, 6) is 0. The first-order valence-corrected chi connectivity index (χ1v) is 7.02. The number of nitrogens with zero attached hydrogens (tertiary/aromatic N) is 2. The lowest BCUT2D eigenvalue weighted by Crippen LogP contribution is -2.24. The third kappa shape index (κ3) is 3.14. The van der Waals surface area contributed by atoms with E-state index in [1.165, 1.54) is 6.92 Å². The number of hydrogen-bond donors (Lipinski definition) is 1. The Kier molecular flexibility index (Phi) is 4.19. The largest absolute Gasteiger partial charge is 0.377 e. The number of benzene rings is 1. The smallest absolute Gasteiger partial charge is 0.248 e. The molecule has 0 aliphatic rings. The first-order valence-electron chi connectivity index (χ1n) is 5.47. The van der Waals surface area contributed by atoms with Crippen molar-refractivity contribution >= 4 is 21.4 Å². The van der Waals surface area contributed by atoms with Crippen LogP contribution in [0.4, 0.5) is 11.4 Å². The van der Waals surface area contributed by atoms with Crippen molar-refractivity contribution in [3.8, 4) is 6.07 Å². The molecular formula is C12H17N3O2S. The molecular weight excluding hydrogens is 250 g/mol. The Hall–Kier alpha value is -1.74. The second-order valence-corrected chi connectivity index (χ2v) is 6.32. The second kappa shape index (κ2) is 5.27. The monoisotopic (exact) mass is 267 g/mol. The summed E-state index contributed by atoms with van der Waals surface area (Å²) in [5, 5.41) is 7.58. The van der Waals surface area contributed by atoms with Gasteiger partial charge in [-0.2, -0.15) is 5.26 Å². The summed E-state index contributed by atoms with van der Waals surface area (Å²) in [7, 11) is 0.126. The summed E-state index contributed by atoms with van der Waals surface area (Å²) in [6.07, 6.45) is 0. The zero-order valence-electron chi connectivity index (χ0n) is 10.9. The predicted molar refractivity (Wildman–Crippen MR) is 73.1 cm³/mol. The maximum absolute atomic E-state index is 11.7. The summed E-state index contributed by atoms with van der Waals surface area (Å²) in [4.78, 5) is 1.90. The summed E-state index contributed by atoms with van der Waals surface area (Å²) in [6, 6.07) is 6.98. The Balaban J connectivity index is 3.08. The van der Waals surface area contributed by atoms with E-state index >= 15 is 0 Å². The van der Waals surface area contributed by atoms with Crippen LogP contribution < -0.4 is 9.62 Å². The van der Waals surface area contributed by atoms with Crippen molar-refractivity contribution in [2.45, 2.75) is 19.1 Å². The number of nitriles is 1. The molecule has 1 atom stereocenters. The van der Waals surface area contributed by atoms with Crippen molar-refractivity contribution < 1.29 is 8.42 Å². The molecule has 1 aromatic rings. The SMILES string of the molecule is Cc1ccc(NS(=O)(=O)C(C)C#N)cc1N(C)C. The van der Waals surface area contributed by atoms with Gasteiger partial charge in [0.1, 0.15) is 0 Å². The van der Waals surface area contributed by atoms with E-state index in [0.29, 0.717) is 5.69 Å². The summed E-state index contributed by atoms with van der Waals surface area (Å²) in [6.45, 7) is 3.30.